The van der Waals surface area contributed by atoms with Crippen molar-refractivity contribution in [2.75, 3.05) is 13.2 Å². The van der Waals surface area contributed by atoms with Gasteiger partial charge in [-0.2, -0.15) is 0 Å². The summed E-state index contributed by atoms with van der Waals surface area (Å²) in [5, 5.41) is 7.48. The summed E-state index contributed by atoms with van der Waals surface area (Å²) in [4.78, 5) is 9.91. The van der Waals surface area contributed by atoms with E-state index in [9.17, 15) is 4.79 Å². The first-order valence-corrected chi connectivity index (χ1v) is 3.44. The molecule has 0 aromatic carbocycles. The van der Waals surface area contributed by atoms with Crippen molar-refractivity contribution in [1.29, 1.82) is 0 Å². The maximum Gasteiger partial charge on any atom is 0.224 e. The highest BCUT2D eigenvalue weighted by molar-refractivity contribution is 6.63. The number of carbonyl (C=O) groups is 1. The van der Waals surface area contributed by atoms with Crippen LogP contribution in [0, 0.1) is 5.92 Å². The van der Waals surface area contributed by atoms with Crippen LogP contribution in [-0.4, -0.2) is 23.5 Å². The smallest absolute Gasteiger partial charge is 0.224 e. The SMILES string of the molecule is CC(C)C(=O)Cl.NCCO. The van der Waals surface area contributed by atoms with Gasteiger partial charge in [0.05, 0.1) is 6.61 Å². The van der Waals surface area contributed by atoms with Crippen molar-refractivity contribution in [2.45, 2.75) is 13.8 Å². The molecule has 0 radical (unpaired) electrons. The van der Waals surface area contributed by atoms with E-state index < -0.39 is 0 Å². The molecule has 0 spiro atoms. The Morgan fingerprint density at radius 2 is 1.90 bits per heavy atom. The van der Waals surface area contributed by atoms with Crippen molar-refractivity contribution >= 4 is 16.8 Å². The van der Waals surface area contributed by atoms with Crippen LogP contribution in [0.3, 0.4) is 0 Å². The molecule has 0 unspecified atom stereocenters. The third kappa shape index (κ3) is 15.7. The molecule has 0 aromatic rings. The fourth-order valence-electron chi connectivity index (χ4n) is 0. The van der Waals surface area contributed by atoms with E-state index in [0.29, 0.717) is 6.54 Å². The number of aliphatic hydroxyl groups excluding tert-OH is 1. The van der Waals surface area contributed by atoms with Crippen LogP contribution in [0.1, 0.15) is 13.8 Å². The lowest BCUT2D eigenvalue weighted by Crippen LogP contribution is -2.02. The van der Waals surface area contributed by atoms with E-state index in [1.807, 2.05) is 0 Å². The lowest BCUT2D eigenvalue weighted by Gasteiger charge is -1.88. The van der Waals surface area contributed by atoms with E-state index in [0.717, 1.165) is 0 Å². The topological polar surface area (TPSA) is 63.3 Å². The first-order chi connectivity index (χ1) is 4.56. The number of aliphatic hydroxyl groups is 1. The molecule has 4 heteroatoms. The van der Waals surface area contributed by atoms with Gasteiger partial charge in [-0.3, -0.25) is 4.79 Å². The van der Waals surface area contributed by atoms with Gasteiger partial charge in [-0.05, 0) is 11.6 Å². The molecular weight excluding hydrogens is 154 g/mol. The number of rotatable bonds is 2. The Balaban J connectivity index is 0. The number of hydrogen-bond acceptors (Lipinski definition) is 3. The molecular formula is C6H14ClNO2. The van der Waals surface area contributed by atoms with E-state index in [1.54, 1.807) is 13.8 Å². The summed E-state index contributed by atoms with van der Waals surface area (Å²) in [7, 11) is 0. The number of hydrogen-bond donors (Lipinski definition) is 2. The zero-order valence-electron chi connectivity index (χ0n) is 6.30. The van der Waals surface area contributed by atoms with E-state index in [2.05, 4.69) is 0 Å². The second kappa shape index (κ2) is 8.88. The average Bonchev–Trinajstić information content (AvgIpc) is 1.89. The number of halogens is 1. The van der Waals surface area contributed by atoms with Crippen molar-refractivity contribution < 1.29 is 9.90 Å². The van der Waals surface area contributed by atoms with Crippen molar-refractivity contribution in [3.63, 3.8) is 0 Å². The summed E-state index contributed by atoms with van der Waals surface area (Å²) in [6.07, 6.45) is 0. The Hall–Kier alpha value is -0.120. The molecule has 0 atom stereocenters. The molecule has 0 bridgehead atoms. The van der Waals surface area contributed by atoms with E-state index in [-0.39, 0.29) is 17.8 Å². The van der Waals surface area contributed by atoms with Crippen LogP contribution in [0.2, 0.25) is 0 Å². The van der Waals surface area contributed by atoms with Crippen LogP contribution in [0.15, 0.2) is 0 Å². The quantitative estimate of drug-likeness (QED) is 0.584. The molecule has 0 saturated heterocycles. The second-order valence-electron chi connectivity index (χ2n) is 1.97. The van der Waals surface area contributed by atoms with Gasteiger partial charge >= 0.3 is 0 Å². The van der Waals surface area contributed by atoms with Gasteiger partial charge in [-0.15, -0.1) is 0 Å². The summed E-state index contributed by atoms with van der Waals surface area (Å²) in [5.41, 5.74) is 4.78. The molecule has 0 saturated carbocycles. The molecule has 10 heavy (non-hydrogen) atoms. The average molecular weight is 168 g/mol. The minimum Gasteiger partial charge on any atom is -0.395 e. The zero-order chi connectivity index (χ0) is 8.57. The van der Waals surface area contributed by atoms with Crippen molar-refractivity contribution in [1.82, 2.24) is 0 Å². The summed E-state index contributed by atoms with van der Waals surface area (Å²) in [5.74, 6) is -0.0216. The van der Waals surface area contributed by atoms with Crippen molar-refractivity contribution in [2.24, 2.45) is 11.7 Å². The highest BCUT2D eigenvalue weighted by Gasteiger charge is 1.98. The lowest BCUT2D eigenvalue weighted by atomic mass is 10.3. The summed E-state index contributed by atoms with van der Waals surface area (Å²) in [6, 6.07) is 0. The Morgan fingerprint density at radius 3 is 1.90 bits per heavy atom. The standard InChI is InChI=1S/C4H7ClO.C2H7NO/c1-3(2)4(5)6;3-1-2-4/h3H,1-2H3;4H,1-3H2. The lowest BCUT2D eigenvalue weighted by molar-refractivity contribution is -0.114. The van der Waals surface area contributed by atoms with Gasteiger partial charge in [0.15, 0.2) is 0 Å². The van der Waals surface area contributed by atoms with Crippen LogP contribution >= 0.6 is 11.6 Å². The van der Waals surface area contributed by atoms with Gasteiger partial charge in [0.2, 0.25) is 5.24 Å². The van der Waals surface area contributed by atoms with Crippen LogP contribution in [-0.2, 0) is 4.79 Å². The van der Waals surface area contributed by atoms with Crippen LogP contribution < -0.4 is 5.73 Å². The van der Waals surface area contributed by atoms with E-state index in [4.69, 9.17) is 22.4 Å². The largest absolute Gasteiger partial charge is 0.395 e. The predicted molar refractivity (Wildman–Crippen MR) is 41.8 cm³/mol. The van der Waals surface area contributed by atoms with Crippen LogP contribution in [0.4, 0.5) is 0 Å². The van der Waals surface area contributed by atoms with Crippen molar-refractivity contribution in [3.05, 3.63) is 0 Å². The molecule has 3 N–H and O–H groups in total. The zero-order valence-corrected chi connectivity index (χ0v) is 7.06. The highest BCUT2D eigenvalue weighted by atomic mass is 35.5. The minimum atomic E-state index is -0.269. The van der Waals surface area contributed by atoms with Gasteiger partial charge in [0, 0.05) is 12.5 Å². The molecule has 0 heterocycles. The first-order valence-electron chi connectivity index (χ1n) is 3.06. The molecule has 0 rings (SSSR count). The summed E-state index contributed by atoms with van der Waals surface area (Å²) in [6.45, 7) is 3.99. The highest BCUT2D eigenvalue weighted by Crippen LogP contribution is 1.95. The Bertz CT molecular complexity index is 83.8. The molecule has 0 aliphatic rings. The maximum absolute atomic E-state index is 9.91. The van der Waals surface area contributed by atoms with Gasteiger partial charge in [-0.1, -0.05) is 13.8 Å². The fraction of sp³-hybridized carbons (Fsp3) is 0.833. The minimum absolute atomic E-state index is 0.0216. The Kier molecular flexibility index (Phi) is 11.1. The van der Waals surface area contributed by atoms with Gasteiger partial charge in [-0.25, -0.2) is 0 Å². The third-order valence-electron chi connectivity index (χ3n) is 0.583. The Morgan fingerprint density at radius 1 is 1.70 bits per heavy atom. The number of carbonyl (C=O) groups excluding carboxylic acids is 1. The molecule has 0 aromatic heterocycles. The molecule has 0 aliphatic heterocycles. The Labute approximate surface area is 66.2 Å². The summed E-state index contributed by atoms with van der Waals surface area (Å²) < 4.78 is 0. The van der Waals surface area contributed by atoms with Gasteiger partial charge < -0.3 is 10.8 Å². The molecule has 62 valence electrons. The molecule has 0 aliphatic carbocycles. The fourth-order valence-corrected chi connectivity index (χ4v) is 0. The monoisotopic (exact) mass is 167 g/mol. The van der Waals surface area contributed by atoms with E-state index in [1.165, 1.54) is 0 Å². The first kappa shape index (κ1) is 12.5. The van der Waals surface area contributed by atoms with E-state index >= 15 is 0 Å². The molecule has 0 fully saturated rings. The second-order valence-corrected chi connectivity index (χ2v) is 2.34. The van der Waals surface area contributed by atoms with Gasteiger partial charge in [0.25, 0.3) is 0 Å². The number of nitrogens with two attached hydrogens (primary N) is 1. The molecule has 3 nitrogen and oxygen atoms in total. The third-order valence-corrected chi connectivity index (χ3v) is 1.02. The normalized spacial score (nSPS) is 8.60. The van der Waals surface area contributed by atoms with Crippen molar-refractivity contribution in [3.8, 4) is 0 Å². The maximum atomic E-state index is 9.91. The predicted octanol–water partition coefficient (Wildman–Crippen LogP) is 0.345. The van der Waals surface area contributed by atoms with Crippen LogP contribution in [0.25, 0.3) is 0 Å². The van der Waals surface area contributed by atoms with Gasteiger partial charge in [0.1, 0.15) is 0 Å². The van der Waals surface area contributed by atoms with Crippen LogP contribution in [0.5, 0.6) is 0 Å². The molecule has 0 amide bonds. The summed E-state index contributed by atoms with van der Waals surface area (Å²) >= 11 is 4.97.